The molecule has 0 unspecified atom stereocenters. The average molecular weight is 368 g/mol. The van der Waals surface area contributed by atoms with Crippen LogP contribution in [0.2, 0.25) is 0 Å². The van der Waals surface area contributed by atoms with Crippen molar-refractivity contribution >= 4 is 12.4 Å². The van der Waals surface area contributed by atoms with Crippen molar-refractivity contribution < 1.29 is 23.8 Å². The van der Waals surface area contributed by atoms with E-state index in [0.29, 0.717) is 0 Å². The number of nitrogens with one attached hydrogen (secondary N) is 1. The predicted molar refractivity (Wildman–Crippen MR) is 99.9 cm³/mol. The molecule has 2 aromatic rings. The predicted octanol–water partition coefficient (Wildman–Crippen LogP) is 3.36. The Morgan fingerprint density at radius 3 is 2.00 bits per heavy atom. The fraction of sp³-hybridized carbons (Fsp3) is 0.333. The molecule has 6 nitrogen and oxygen atoms in total. The summed E-state index contributed by atoms with van der Waals surface area (Å²) in [4.78, 5) is 23.6. The third-order valence-electron chi connectivity index (χ3n) is 4.44. The molecule has 0 spiro atoms. The number of amides is 1. The van der Waals surface area contributed by atoms with Gasteiger partial charge in [0.05, 0.1) is 0 Å². The Labute approximate surface area is 158 Å². The molecule has 3 rings (SSSR count). The zero-order chi connectivity index (χ0) is 19.3. The summed E-state index contributed by atoms with van der Waals surface area (Å²) in [5.74, 6) is -2.02. The number of rotatable bonds is 8. The van der Waals surface area contributed by atoms with Gasteiger partial charge in [0.25, 0.3) is 6.29 Å². The van der Waals surface area contributed by atoms with E-state index in [-0.39, 0.29) is 25.7 Å². The molecule has 1 radical (unpaired) electrons. The summed E-state index contributed by atoms with van der Waals surface area (Å²) in [6.45, 7) is 3.83. The van der Waals surface area contributed by atoms with E-state index in [1.807, 2.05) is 36.4 Å². The van der Waals surface area contributed by atoms with Crippen molar-refractivity contribution in [3.05, 3.63) is 59.7 Å². The molecule has 0 aromatic heterocycles. The topological polar surface area (TPSA) is 73.9 Å². The fourth-order valence-corrected chi connectivity index (χ4v) is 3.37. The zero-order valence-electron chi connectivity index (χ0n) is 15.4. The number of carbonyl (C=O) groups excluding carboxylic acids is 2. The van der Waals surface area contributed by atoms with E-state index in [4.69, 9.17) is 14.2 Å². The highest BCUT2D eigenvalue weighted by molar-refractivity contribution is 5.79. The third-order valence-corrected chi connectivity index (χ3v) is 4.44. The van der Waals surface area contributed by atoms with Crippen LogP contribution in [0.15, 0.2) is 48.5 Å². The van der Waals surface area contributed by atoms with Crippen LogP contribution in [-0.4, -0.2) is 38.1 Å². The van der Waals surface area contributed by atoms with Gasteiger partial charge >= 0.3 is 12.0 Å². The summed E-state index contributed by atoms with van der Waals surface area (Å²) >= 11 is 0. The van der Waals surface area contributed by atoms with Gasteiger partial charge in [0.2, 0.25) is 0 Å². The highest BCUT2D eigenvalue weighted by Gasteiger charge is 2.36. The molecule has 141 valence electrons. The maximum atomic E-state index is 12.3. The van der Waals surface area contributed by atoms with E-state index in [1.54, 1.807) is 20.1 Å². The second-order valence-electron chi connectivity index (χ2n) is 6.04. The van der Waals surface area contributed by atoms with Crippen molar-refractivity contribution in [3.8, 4) is 11.1 Å². The van der Waals surface area contributed by atoms with Crippen LogP contribution >= 0.6 is 0 Å². The van der Waals surface area contributed by atoms with Gasteiger partial charge in [-0.1, -0.05) is 48.5 Å². The average Bonchev–Trinajstić information content (AvgIpc) is 3.00. The minimum Gasteiger partial charge on any atom is -0.448 e. The van der Waals surface area contributed by atoms with Crippen LogP contribution in [0.5, 0.6) is 0 Å². The molecule has 1 aliphatic rings. The Morgan fingerprint density at radius 2 is 1.52 bits per heavy atom. The molecule has 6 heteroatoms. The van der Waals surface area contributed by atoms with E-state index in [1.165, 1.54) is 0 Å². The number of carbonyl (C=O) groups is 1. The monoisotopic (exact) mass is 368 g/mol. The van der Waals surface area contributed by atoms with Gasteiger partial charge < -0.3 is 14.2 Å². The lowest BCUT2D eigenvalue weighted by molar-refractivity contribution is -0.198. The van der Waals surface area contributed by atoms with Crippen LogP contribution in [-0.2, 0) is 19.0 Å². The van der Waals surface area contributed by atoms with Crippen LogP contribution in [0.3, 0.4) is 0 Å². The quantitative estimate of drug-likeness (QED) is 0.723. The second-order valence-corrected chi connectivity index (χ2v) is 6.04. The van der Waals surface area contributed by atoms with Crippen molar-refractivity contribution in [3.63, 3.8) is 0 Å². The molecular formula is C21H22NO5. The minimum absolute atomic E-state index is 0.0723. The molecule has 0 atom stereocenters. The highest BCUT2D eigenvalue weighted by atomic mass is 16.7. The summed E-state index contributed by atoms with van der Waals surface area (Å²) in [5, 5.41) is 2.32. The first-order valence-corrected chi connectivity index (χ1v) is 8.94. The lowest BCUT2D eigenvalue weighted by atomic mass is 9.98. The summed E-state index contributed by atoms with van der Waals surface area (Å²) < 4.78 is 15.8. The first-order valence-electron chi connectivity index (χ1n) is 8.94. The van der Waals surface area contributed by atoms with Gasteiger partial charge in [-0.2, -0.15) is 0 Å². The van der Waals surface area contributed by atoms with Gasteiger partial charge in [-0.05, 0) is 36.1 Å². The van der Waals surface area contributed by atoms with Crippen LogP contribution in [0.4, 0.5) is 4.79 Å². The van der Waals surface area contributed by atoms with Gasteiger partial charge in [0.1, 0.15) is 6.61 Å². The molecular weight excluding hydrogens is 346 g/mol. The molecule has 1 aliphatic carbocycles. The molecule has 0 aliphatic heterocycles. The van der Waals surface area contributed by atoms with Crippen molar-refractivity contribution in [2.24, 2.45) is 0 Å². The Bertz CT molecular complexity index is 768. The molecule has 2 aromatic carbocycles. The van der Waals surface area contributed by atoms with E-state index >= 15 is 0 Å². The smallest absolute Gasteiger partial charge is 0.411 e. The molecule has 0 heterocycles. The van der Waals surface area contributed by atoms with Crippen LogP contribution < -0.4 is 5.32 Å². The number of benzene rings is 2. The summed E-state index contributed by atoms with van der Waals surface area (Å²) in [6.07, 6.45) is 0.798. The Kier molecular flexibility index (Phi) is 5.88. The molecule has 0 bridgehead atoms. The number of alkyl carbamates (subject to hydrolysis) is 1. The van der Waals surface area contributed by atoms with Gasteiger partial charge in [0, 0.05) is 19.1 Å². The molecule has 27 heavy (non-hydrogen) atoms. The summed E-state index contributed by atoms with van der Waals surface area (Å²) in [5.41, 5.74) is 4.49. The Hall–Kier alpha value is -2.70. The lowest BCUT2D eigenvalue weighted by Gasteiger charge is -2.27. The standard InChI is InChI=1S/C21H22NO5/c1-3-26-21(14-23,27-4-2)22-20(24)25-13-19-17-11-7-5-9-15(17)16-10-6-8-12-18(16)19/h5-12,19H,3-4,13H2,1-2H3,(H,22,24). The van der Waals surface area contributed by atoms with Crippen molar-refractivity contribution in [2.75, 3.05) is 19.8 Å². The molecule has 1 N–H and O–H groups in total. The Morgan fingerprint density at radius 1 is 1.00 bits per heavy atom. The SMILES string of the molecule is CCOC([C]=O)(NC(=O)OCC1c2ccccc2-c2ccccc21)OCC. The van der Waals surface area contributed by atoms with Gasteiger partial charge in [-0.15, -0.1) is 0 Å². The molecule has 0 saturated carbocycles. The summed E-state index contributed by atoms with van der Waals surface area (Å²) in [7, 11) is 0. The van der Waals surface area contributed by atoms with Crippen molar-refractivity contribution in [1.82, 2.24) is 5.32 Å². The van der Waals surface area contributed by atoms with Crippen LogP contribution in [0.25, 0.3) is 11.1 Å². The molecule has 1 amide bonds. The highest BCUT2D eigenvalue weighted by Crippen LogP contribution is 2.44. The number of ether oxygens (including phenoxy) is 3. The van der Waals surface area contributed by atoms with Gasteiger partial charge in [-0.25, -0.2) is 4.79 Å². The minimum atomic E-state index is -1.95. The summed E-state index contributed by atoms with van der Waals surface area (Å²) in [6, 6.07) is 16.1. The van der Waals surface area contributed by atoms with Gasteiger partial charge in [0.15, 0.2) is 0 Å². The van der Waals surface area contributed by atoms with E-state index in [9.17, 15) is 9.59 Å². The maximum absolute atomic E-state index is 12.3. The van der Waals surface area contributed by atoms with E-state index < -0.39 is 12.0 Å². The Balaban J connectivity index is 1.73. The third kappa shape index (κ3) is 3.86. The van der Waals surface area contributed by atoms with E-state index in [2.05, 4.69) is 17.4 Å². The largest absolute Gasteiger partial charge is 0.448 e. The second kappa shape index (κ2) is 8.33. The molecule has 0 fully saturated rings. The first-order chi connectivity index (χ1) is 13.1. The van der Waals surface area contributed by atoms with Crippen molar-refractivity contribution in [1.29, 1.82) is 0 Å². The first kappa shape index (κ1) is 19.1. The molecule has 0 saturated heterocycles. The van der Waals surface area contributed by atoms with Gasteiger partial charge in [-0.3, -0.25) is 10.1 Å². The lowest BCUT2D eigenvalue weighted by Crippen LogP contribution is -2.54. The van der Waals surface area contributed by atoms with Crippen molar-refractivity contribution in [2.45, 2.75) is 25.7 Å². The van der Waals surface area contributed by atoms with E-state index in [0.717, 1.165) is 22.3 Å². The van der Waals surface area contributed by atoms with Crippen LogP contribution in [0, 0.1) is 0 Å². The normalized spacial score (nSPS) is 13.0. The number of hydrogen-bond donors (Lipinski definition) is 1. The number of hydrogen-bond acceptors (Lipinski definition) is 5. The maximum Gasteiger partial charge on any atom is 0.411 e. The number of fused-ring (bicyclic) bond motifs is 3. The fourth-order valence-electron chi connectivity index (χ4n) is 3.37. The zero-order valence-corrected chi connectivity index (χ0v) is 15.4. The van der Waals surface area contributed by atoms with Crippen LogP contribution in [0.1, 0.15) is 30.9 Å².